The molecule has 3 rings (SSSR count). The average Bonchev–Trinajstić information content (AvgIpc) is 2.96. The summed E-state index contributed by atoms with van der Waals surface area (Å²) in [6, 6.07) is 5.33. The molecule has 122 valence electrons. The molecule has 0 radical (unpaired) electrons. The van der Waals surface area contributed by atoms with E-state index < -0.39 is 0 Å². The number of carbonyl (C=O) groups excluding carboxylic acids is 1. The van der Waals surface area contributed by atoms with E-state index in [0.29, 0.717) is 23.5 Å². The number of rotatable bonds is 3. The Morgan fingerprint density at radius 2 is 2.29 bits per heavy atom. The molecule has 1 N–H and O–H groups in total. The zero-order chi connectivity index (χ0) is 17.3. The van der Waals surface area contributed by atoms with E-state index in [1.165, 1.54) is 6.20 Å². The number of nitrogens with one attached hydrogen (secondary N) is 1. The number of halogens is 1. The van der Waals surface area contributed by atoms with E-state index in [2.05, 4.69) is 26.3 Å². The van der Waals surface area contributed by atoms with Crippen LogP contribution in [0.5, 0.6) is 0 Å². The Morgan fingerprint density at radius 1 is 1.50 bits per heavy atom. The second kappa shape index (κ2) is 6.59. The predicted molar refractivity (Wildman–Crippen MR) is 94.6 cm³/mol. The highest BCUT2D eigenvalue weighted by atomic mass is 79.9. The summed E-state index contributed by atoms with van der Waals surface area (Å²) in [5, 5.41) is 10.8. The van der Waals surface area contributed by atoms with Gasteiger partial charge in [0.2, 0.25) is 0 Å². The van der Waals surface area contributed by atoms with Gasteiger partial charge in [-0.2, -0.15) is 5.26 Å². The number of fused-ring (bicyclic) bond motifs is 1. The van der Waals surface area contributed by atoms with Crippen molar-refractivity contribution in [1.29, 1.82) is 5.26 Å². The number of nitrogens with zero attached hydrogens (tertiary/aromatic N) is 4. The van der Waals surface area contributed by atoms with Gasteiger partial charge in [-0.3, -0.25) is 14.7 Å². The second-order valence-corrected chi connectivity index (χ2v) is 6.65. The summed E-state index contributed by atoms with van der Waals surface area (Å²) in [5.41, 5.74) is 5.16. The fraction of sp³-hybridized carbons (Fsp3) is 0.235. The van der Waals surface area contributed by atoms with E-state index in [0.717, 1.165) is 10.2 Å². The molecule has 1 aromatic heterocycles. The van der Waals surface area contributed by atoms with Crippen LogP contribution in [0, 0.1) is 11.3 Å². The minimum absolute atomic E-state index is 0.0654. The van der Waals surface area contributed by atoms with Crippen molar-refractivity contribution in [2.24, 2.45) is 0 Å². The molecule has 0 unspecified atom stereocenters. The van der Waals surface area contributed by atoms with Gasteiger partial charge in [0.25, 0.3) is 5.91 Å². The molecule has 6 nitrogen and oxygen atoms in total. The van der Waals surface area contributed by atoms with Crippen molar-refractivity contribution >= 4 is 27.7 Å². The molecule has 3 heterocycles. The number of carbonyl (C=O) groups is 1. The second-order valence-electron chi connectivity index (χ2n) is 5.70. The summed E-state index contributed by atoms with van der Waals surface area (Å²) in [7, 11) is 0. The van der Waals surface area contributed by atoms with Gasteiger partial charge in [-0.1, -0.05) is 15.9 Å². The number of hydrogen-bond donors (Lipinski definition) is 1. The van der Waals surface area contributed by atoms with Crippen LogP contribution in [0.3, 0.4) is 0 Å². The molecule has 24 heavy (non-hydrogen) atoms. The number of pyridine rings is 1. The fourth-order valence-corrected chi connectivity index (χ4v) is 2.99. The molecule has 7 heteroatoms. The van der Waals surface area contributed by atoms with Gasteiger partial charge < -0.3 is 0 Å². The van der Waals surface area contributed by atoms with Gasteiger partial charge in [0, 0.05) is 35.0 Å². The SMILES string of the molecule is CC(C)N(C(=O)C1=CC2=C(Br)CNN2C=C1)c1ccc(C#N)cn1. The van der Waals surface area contributed by atoms with E-state index in [1.54, 1.807) is 23.1 Å². The van der Waals surface area contributed by atoms with Crippen molar-refractivity contribution in [2.45, 2.75) is 19.9 Å². The highest BCUT2D eigenvalue weighted by Crippen LogP contribution is 2.28. The lowest BCUT2D eigenvalue weighted by Gasteiger charge is -2.28. The standard InChI is InChI=1S/C17H16BrN5O/c1-11(2)23(16-4-3-12(8-19)9-20-16)17(24)13-5-6-22-15(7-13)14(18)10-21-22/h3-7,9,11,21H,10H2,1-2H3. The normalized spacial score (nSPS) is 16.1. The van der Waals surface area contributed by atoms with Crippen LogP contribution in [0.4, 0.5) is 5.82 Å². The highest BCUT2D eigenvalue weighted by molar-refractivity contribution is 9.11. The van der Waals surface area contributed by atoms with Gasteiger partial charge in [-0.15, -0.1) is 0 Å². The van der Waals surface area contributed by atoms with Gasteiger partial charge in [0.05, 0.1) is 11.3 Å². The summed E-state index contributed by atoms with van der Waals surface area (Å²) in [6.45, 7) is 4.57. The fourth-order valence-electron chi connectivity index (χ4n) is 2.56. The molecule has 0 fully saturated rings. The maximum absolute atomic E-state index is 13.0. The van der Waals surface area contributed by atoms with Crippen molar-refractivity contribution in [3.63, 3.8) is 0 Å². The Balaban J connectivity index is 1.93. The average molecular weight is 386 g/mol. The first kappa shape index (κ1) is 16.4. The van der Waals surface area contributed by atoms with E-state index in [9.17, 15) is 4.79 Å². The monoisotopic (exact) mass is 385 g/mol. The van der Waals surface area contributed by atoms with Crippen molar-refractivity contribution in [1.82, 2.24) is 15.4 Å². The van der Waals surface area contributed by atoms with E-state index >= 15 is 0 Å². The van der Waals surface area contributed by atoms with Crippen molar-refractivity contribution < 1.29 is 4.79 Å². The Hall–Kier alpha value is -2.43. The van der Waals surface area contributed by atoms with Gasteiger partial charge >= 0.3 is 0 Å². The van der Waals surface area contributed by atoms with Gasteiger partial charge in [-0.05, 0) is 38.1 Å². The number of anilines is 1. The molecule has 0 spiro atoms. The smallest absolute Gasteiger partial charge is 0.259 e. The first-order valence-corrected chi connectivity index (χ1v) is 8.31. The molecule has 0 bridgehead atoms. The number of amides is 1. The zero-order valence-corrected chi connectivity index (χ0v) is 14.9. The van der Waals surface area contributed by atoms with E-state index in [4.69, 9.17) is 5.26 Å². The van der Waals surface area contributed by atoms with E-state index in [-0.39, 0.29) is 11.9 Å². The van der Waals surface area contributed by atoms with Crippen LogP contribution in [0.1, 0.15) is 19.4 Å². The van der Waals surface area contributed by atoms with Gasteiger partial charge in [-0.25, -0.2) is 10.4 Å². The quantitative estimate of drug-likeness (QED) is 0.865. The van der Waals surface area contributed by atoms with Crippen LogP contribution >= 0.6 is 15.9 Å². The van der Waals surface area contributed by atoms with Crippen molar-refractivity contribution in [3.05, 3.63) is 58.0 Å². The molecule has 2 aliphatic heterocycles. The van der Waals surface area contributed by atoms with Crippen molar-refractivity contribution in [2.75, 3.05) is 11.4 Å². The third-order valence-electron chi connectivity index (χ3n) is 3.74. The largest absolute Gasteiger partial charge is 0.290 e. The Bertz CT molecular complexity index is 801. The van der Waals surface area contributed by atoms with Gasteiger partial charge in [0.1, 0.15) is 11.9 Å². The maximum atomic E-state index is 13.0. The molecule has 2 aliphatic rings. The third kappa shape index (κ3) is 2.98. The first-order valence-electron chi connectivity index (χ1n) is 7.52. The molecule has 0 aromatic carbocycles. The minimum atomic E-state index is -0.127. The van der Waals surface area contributed by atoms with Crippen LogP contribution in [-0.2, 0) is 4.79 Å². The number of hydrogen-bond acceptors (Lipinski definition) is 5. The summed E-state index contributed by atoms with van der Waals surface area (Å²) in [4.78, 5) is 18.9. The Kier molecular flexibility index (Phi) is 4.51. The number of nitriles is 1. The summed E-state index contributed by atoms with van der Waals surface area (Å²) in [5.74, 6) is 0.404. The summed E-state index contributed by atoms with van der Waals surface area (Å²) < 4.78 is 1.00. The molecular weight excluding hydrogens is 370 g/mol. The summed E-state index contributed by atoms with van der Waals surface area (Å²) >= 11 is 3.51. The lowest BCUT2D eigenvalue weighted by molar-refractivity contribution is -0.115. The topological polar surface area (TPSA) is 72.3 Å². The van der Waals surface area contributed by atoms with Crippen LogP contribution < -0.4 is 10.3 Å². The van der Waals surface area contributed by atoms with Crippen molar-refractivity contribution in [3.8, 4) is 6.07 Å². The molecule has 1 amide bonds. The maximum Gasteiger partial charge on any atom is 0.259 e. The van der Waals surface area contributed by atoms with Crippen LogP contribution in [0.15, 0.2) is 52.4 Å². The lowest BCUT2D eigenvalue weighted by Crippen LogP contribution is -2.39. The first-order chi connectivity index (χ1) is 11.5. The minimum Gasteiger partial charge on any atom is -0.290 e. The molecule has 0 saturated heterocycles. The predicted octanol–water partition coefficient (Wildman–Crippen LogP) is 2.58. The number of allylic oxidation sites excluding steroid dienone is 1. The van der Waals surface area contributed by atoms with Gasteiger partial charge in [0.15, 0.2) is 0 Å². The lowest BCUT2D eigenvalue weighted by atomic mass is 10.1. The molecule has 1 aromatic rings. The number of hydrazine groups is 1. The summed E-state index contributed by atoms with van der Waals surface area (Å²) in [6.07, 6.45) is 6.95. The molecule has 0 saturated carbocycles. The molecule has 0 atom stereocenters. The zero-order valence-electron chi connectivity index (χ0n) is 13.3. The molecule has 0 aliphatic carbocycles. The van der Waals surface area contributed by atoms with Crippen LogP contribution in [0.25, 0.3) is 0 Å². The van der Waals surface area contributed by atoms with Crippen LogP contribution in [-0.4, -0.2) is 28.5 Å². The molecular formula is C17H16BrN5O. The van der Waals surface area contributed by atoms with Crippen LogP contribution in [0.2, 0.25) is 0 Å². The highest BCUT2D eigenvalue weighted by Gasteiger charge is 2.27. The third-order valence-corrected chi connectivity index (χ3v) is 4.43. The Labute approximate surface area is 148 Å². The number of aromatic nitrogens is 1. The van der Waals surface area contributed by atoms with E-state index in [1.807, 2.05) is 37.2 Å². The Morgan fingerprint density at radius 3 is 2.92 bits per heavy atom.